The molecule has 3 aromatic rings. The predicted octanol–water partition coefficient (Wildman–Crippen LogP) is 2.73. The van der Waals surface area contributed by atoms with Crippen LogP contribution in [0, 0.1) is 0 Å². The summed E-state index contributed by atoms with van der Waals surface area (Å²) in [6.45, 7) is 5.06. The monoisotopic (exact) mass is 414 g/mol. The maximum absolute atomic E-state index is 11.6. The first-order valence-corrected chi connectivity index (χ1v) is 10.9. The van der Waals surface area contributed by atoms with E-state index in [1.54, 1.807) is 12.1 Å². The third-order valence-corrected chi connectivity index (χ3v) is 5.84. The summed E-state index contributed by atoms with van der Waals surface area (Å²) in [4.78, 5) is 6.76. The van der Waals surface area contributed by atoms with E-state index in [0.717, 1.165) is 29.0 Å². The minimum Gasteiger partial charge on any atom is -0.494 e. The van der Waals surface area contributed by atoms with E-state index in [0.29, 0.717) is 24.9 Å². The first kappa shape index (κ1) is 19.4. The van der Waals surface area contributed by atoms with Crippen LogP contribution in [-0.4, -0.2) is 31.2 Å². The van der Waals surface area contributed by atoms with Gasteiger partial charge >= 0.3 is 0 Å². The van der Waals surface area contributed by atoms with Gasteiger partial charge in [-0.1, -0.05) is 5.16 Å². The first-order valence-electron chi connectivity index (χ1n) is 9.33. The summed E-state index contributed by atoms with van der Waals surface area (Å²) in [6, 6.07) is 12.6. The minimum atomic E-state index is -3.72. The molecule has 4 rings (SSSR count). The van der Waals surface area contributed by atoms with Crippen molar-refractivity contribution in [3.8, 4) is 17.1 Å². The molecule has 1 atom stereocenters. The molecule has 0 amide bonds. The molecule has 0 fully saturated rings. The highest BCUT2D eigenvalue weighted by atomic mass is 32.2. The van der Waals surface area contributed by atoms with Crippen molar-refractivity contribution in [2.45, 2.75) is 37.8 Å². The zero-order valence-corrected chi connectivity index (χ0v) is 17.0. The van der Waals surface area contributed by atoms with E-state index in [4.69, 9.17) is 14.4 Å². The van der Waals surface area contributed by atoms with Gasteiger partial charge in [-0.3, -0.25) is 0 Å². The van der Waals surface area contributed by atoms with Gasteiger partial charge in [-0.25, -0.2) is 13.6 Å². The largest absolute Gasteiger partial charge is 0.494 e. The highest BCUT2D eigenvalue weighted by molar-refractivity contribution is 7.89. The highest BCUT2D eigenvalue weighted by Crippen LogP contribution is 2.34. The summed E-state index contributed by atoms with van der Waals surface area (Å²) in [7, 11) is -3.72. The quantitative estimate of drug-likeness (QED) is 0.660. The topological polar surface area (TPSA) is 112 Å². The number of primary sulfonamides is 1. The van der Waals surface area contributed by atoms with Crippen molar-refractivity contribution >= 4 is 15.7 Å². The normalized spacial score (nSPS) is 16.1. The van der Waals surface area contributed by atoms with Crippen LogP contribution in [0.15, 0.2) is 51.9 Å². The number of nitrogens with zero attached hydrogens (tertiary/aromatic N) is 3. The molecule has 0 saturated heterocycles. The summed E-state index contributed by atoms with van der Waals surface area (Å²) in [5, 5.41) is 9.33. The van der Waals surface area contributed by atoms with Crippen LogP contribution in [0.5, 0.6) is 5.75 Å². The van der Waals surface area contributed by atoms with E-state index in [1.807, 2.05) is 31.2 Å². The van der Waals surface area contributed by atoms with Crippen molar-refractivity contribution in [2.24, 2.45) is 5.14 Å². The maximum atomic E-state index is 11.6. The molecule has 0 aliphatic carbocycles. The van der Waals surface area contributed by atoms with Crippen LogP contribution < -0.4 is 14.8 Å². The second kappa shape index (κ2) is 7.49. The number of rotatable bonds is 6. The number of ether oxygens (including phenoxy) is 1. The van der Waals surface area contributed by atoms with Crippen molar-refractivity contribution < 1.29 is 17.7 Å². The Morgan fingerprint density at radius 1 is 1.24 bits per heavy atom. The van der Waals surface area contributed by atoms with Gasteiger partial charge in [0.2, 0.25) is 21.7 Å². The minimum absolute atomic E-state index is 0.126. The number of sulfonamides is 1. The summed E-state index contributed by atoms with van der Waals surface area (Å²) >= 11 is 0. The molecule has 8 nitrogen and oxygen atoms in total. The first-order chi connectivity index (χ1) is 13.8. The summed E-state index contributed by atoms with van der Waals surface area (Å²) in [5.74, 6) is 1.80. The number of aromatic nitrogens is 2. The molecule has 0 bridgehead atoms. The van der Waals surface area contributed by atoms with Crippen LogP contribution in [-0.2, 0) is 23.0 Å². The average molecular weight is 414 g/mol. The van der Waals surface area contributed by atoms with Crippen molar-refractivity contribution in [1.29, 1.82) is 0 Å². The van der Waals surface area contributed by atoms with Crippen LogP contribution in [0.1, 0.15) is 25.3 Å². The van der Waals surface area contributed by atoms with Crippen molar-refractivity contribution in [3.63, 3.8) is 0 Å². The van der Waals surface area contributed by atoms with Gasteiger partial charge in [0.1, 0.15) is 5.75 Å². The lowest BCUT2D eigenvalue weighted by Crippen LogP contribution is -2.28. The van der Waals surface area contributed by atoms with Crippen molar-refractivity contribution in [1.82, 2.24) is 10.1 Å². The summed E-state index contributed by atoms with van der Waals surface area (Å²) in [5.41, 5.74) is 2.73. The second-order valence-corrected chi connectivity index (χ2v) is 8.55. The second-order valence-electron chi connectivity index (χ2n) is 6.99. The molecule has 1 aliphatic rings. The fourth-order valence-electron chi connectivity index (χ4n) is 3.54. The summed E-state index contributed by atoms with van der Waals surface area (Å²) < 4.78 is 34.1. The predicted molar refractivity (Wildman–Crippen MR) is 108 cm³/mol. The molecular weight excluding hydrogens is 392 g/mol. The molecular formula is C20H22N4O4S. The lowest BCUT2D eigenvalue weighted by molar-refractivity contribution is 0.340. The van der Waals surface area contributed by atoms with Gasteiger partial charge in [0, 0.05) is 17.3 Å². The van der Waals surface area contributed by atoms with E-state index in [9.17, 15) is 8.42 Å². The molecule has 152 valence electrons. The Hall–Kier alpha value is -2.91. The molecule has 2 aromatic carbocycles. The molecule has 2 heterocycles. The molecule has 0 unspecified atom stereocenters. The lowest BCUT2D eigenvalue weighted by atomic mass is 10.1. The molecule has 9 heteroatoms. The molecule has 2 N–H and O–H groups in total. The molecule has 1 aliphatic heterocycles. The fraction of sp³-hybridized carbons (Fsp3) is 0.300. The smallest absolute Gasteiger partial charge is 0.246 e. The standard InChI is InChI=1S/C20H22N4O4S/c1-3-27-16-6-4-14(5-7-16)20-22-19(28-23-20)12-24-13(2)10-15-11-17(29(21,25)26)8-9-18(15)24/h4-9,11,13H,3,10,12H2,1-2H3,(H2,21,25,26)/t13-/m0/s1. The van der Waals surface area contributed by atoms with Crippen LogP contribution in [0.25, 0.3) is 11.4 Å². The van der Waals surface area contributed by atoms with Crippen LogP contribution in [0.4, 0.5) is 5.69 Å². The van der Waals surface area contributed by atoms with E-state index >= 15 is 0 Å². The van der Waals surface area contributed by atoms with Gasteiger partial charge in [0.15, 0.2) is 0 Å². The molecule has 1 aromatic heterocycles. The Kier molecular flexibility index (Phi) is 5.01. The van der Waals surface area contributed by atoms with Crippen molar-refractivity contribution in [3.05, 3.63) is 53.9 Å². The Morgan fingerprint density at radius 2 is 2.00 bits per heavy atom. The number of anilines is 1. The third kappa shape index (κ3) is 3.96. The highest BCUT2D eigenvalue weighted by Gasteiger charge is 2.28. The van der Waals surface area contributed by atoms with Gasteiger partial charge < -0.3 is 14.2 Å². The third-order valence-electron chi connectivity index (χ3n) is 4.93. The van der Waals surface area contributed by atoms with E-state index in [-0.39, 0.29) is 10.9 Å². The molecule has 0 radical (unpaired) electrons. The molecule has 0 saturated carbocycles. The zero-order valence-electron chi connectivity index (χ0n) is 16.2. The van der Waals surface area contributed by atoms with Gasteiger partial charge in [-0.2, -0.15) is 4.98 Å². The molecule has 0 spiro atoms. The van der Waals surface area contributed by atoms with Gasteiger partial charge in [0.25, 0.3) is 0 Å². The van der Waals surface area contributed by atoms with Crippen LogP contribution in [0.3, 0.4) is 0 Å². The van der Waals surface area contributed by atoms with Crippen LogP contribution in [0.2, 0.25) is 0 Å². The zero-order chi connectivity index (χ0) is 20.6. The van der Waals surface area contributed by atoms with Crippen molar-refractivity contribution in [2.75, 3.05) is 11.5 Å². The number of nitrogens with two attached hydrogens (primary N) is 1. The molecule has 29 heavy (non-hydrogen) atoms. The van der Waals surface area contributed by atoms with E-state index in [2.05, 4.69) is 22.0 Å². The van der Waals surface area contributed by atoms with Crippen LogP contribution >= 0.6 is 0 Å². The van der Waals surface area contributed by atoms with E-state index in [1.165, 1.54) is 6.07 Å². The Bertz CT molecular complexity index is 1130. The van der Waals surface area contributed by atoms with Gasteiger partial charge in [-0.15, -0.1) is 0 Å². The average Bonchev–Trinajstić information content (AvgIpc) is 3.27. The fourth-order valence-corrected chi connectivity index (χ4v) is 4.10. The van der Waals surface area contributed by atoms with Gasteiger partial charge in [0.05, 0.1) is 18.0 Å². The maximum Gasteiger partial charge on any atom is 0.246 e. The number of benzene rings is 2. The van der Waals surface area contributed by atoms with Gasteiger partial charge in [-0.05, 0) is 68.3 Å². The number of fused-ring (bicyclic) bond motifs is 1. The Balaban J connectivity index is 1.54. The Morgan fingerprint density at radius 3 is 2.69 bits per heavy atom. The number of hydrogen-bond acceptors (Lipinski definition) is 7. The SMILES string of the molecule is CCOc1ccc(-c2noc(CN3c4ccc(S(N)(=O)=O)cc4C[C@@H]3C)n2)cc1. The number of hydrogen-bond donors (Lipinski definition) is 1. The van der Waals surface area contributed by atoms with E-state index < -0.39 is 10.0 Å². The lowest BCUT2D eigenvalue weighted by Gasteiger charge is -2.22. The summed E-state index contributed by atoms with van der Waals surface area (Å²) in [6.07, 6.45) is 0.721. The Labute approximate surface area is 169 Å².